The molecule has 0 saturated heterocycles. The maximum Gasteiger partial charge on any atom is 0.115 e. The van der Waals surface area contributed by atoms with Crippen LogP contribution in [0.5, 0.6) is 11.5 Å². The Morgan fingerprint density at radius 1 is 0.424 bits per heavy atom. The first kappa shape index (κ1) is 20.1. The summed E-state index contributed by atoms with van der Waals surface area (Å²) in [6.45, 7) is 0. The topological polar surface area (TPSA) is 52.5 Å². The summed E-state index contributed by atoms with van der Waals surface area (Å²) in [6.07, 6.45) is 3.44. The van der Waals surface area contributed by atoms with Gasteiger partial charge in [0.05, 0.1) is 11.1 Å². The Balaban J connectivity index is 1.53. The highest BCUT2D eigenvalue weighted by Crippen LogP contribution is 2.42. The lowest BCUT2D eigenvalue weighted by molar-refractivity contribution is 0.196. The van der Waals surface area contributed by atoms with E-state index in [0.29, 0.717) is 0 Å². The van der Waals surface area contributed by atoms with Crippen molar-refractivity contribution in [3.63, 3.8) is 0 Å². The van der Waals surface area contributed by atoms with Crippen molar-refractivity contribution in [2.75, 3.05) is 0 Å². The molecule has 0 spiro atoms. The SMILES string of the molecule is Oc1ccc(C2(NC3(c4ccc(O)cc4)Cc4ccc(cc4)C3)Cc3ccc(cc3)C2)cc1. The van der Waals surface area contributed by atoms with Gasteiger partial charge in [0.2, 0.25) is 0 Å². The number of hydrogen-bond donors (Lipinski definition) is 3. The number of rotatable bonds is 4. The first-order valence-corrected chi connectivity index (χ1v) is 11.6. The number of aromatic hydroxyl groups is 2. The fourth-order valence-electron chi connectivity index (χ4n) is 5.82. The lowest BCUT2D eigenvalue weighted by Crippen LogP contribution is -2.58. The van der Waals surface area contributed by atoms with Gasteiger partial charge >= 0.3 is 0 Å². The number of phenols is 2. The van der Waals surface area contributed by atoms with Gasteiger partial charge < -0.3 is 10.2 Å². The molecule has 4 aliphatic carbocycles. The monoisotopic (exact) mass is 433 g/mol. The van der Waals surface area contributed by atoms with Crippen molar-refractivity contribution in [3.8, 4) is 11.5 Å². The zero-order valence-electron chi connectivity index (χ0n) is 18.5. The summed E-state index contributed by atoms with van der Waals surface area (Å²) < 4.78 is 0. The van der Waals surface area contributed by atoms with Crippen LogP contribution in [0.1, 0.15) is 33.4 Å². The molecule has 8 rings (SSSR count). The summed E-state index contributed by atoms with van der Waals surface area (Å²) >= 11 is 0. The molecule has 3 N–H and O–H groups in total. The zero-order valence-corrected chi connectivity index (χ0v) is 18.5. The van der Waals surface area contributed by atoms with Crippen molar-refractivity contribution in [1.82, 2.24) is 5.32 Å². The zero-order chi connectivity index (χ0) is 22.5. The molecule has 0 saturated carbocycles. The van der Waals surface area contributed by atoms with E-state index in [1.165, 1.54) is 33.4 Å². The van der Waals surface area contributed by atoms with Crippen LogP contribution in [0, 0.1) is 0 Å². The largest absolute Gasteiger partial charge is 0.508 e. The predicted molar refractivity (Wildman–Crippen MR) is 130 cm³/mol. The fourth-order valence-corrected chi connectivity index (χ4v) is 5.82. The van der Waals surface area contributed by atoms with Gasteiger partial charge in [-0.2, -0.15) is 0 Å². The Morgan fingerprint density at radius 2 is 0.697 bits per heavy atom. The average Bonchev–Trinajstić information content (AvgIpc) is 3.26. The van der Waals surface area contributed by atoms with E-state index in [2.05, 4.69) is 78.1 Å². The maximum absolute atomic E-state index is 10.00. The van der Waals surface area contributed by atoms with Gasteiger partial charge in [0.1, 0.15) is 11.5 Å². The van der Waals surface area contributed by atoms with Crippen LogP contribution in [0.25, 0.3) is 0 Å². The normalized spacial score (nSPS) is 17.5. The molecule has 0 amide bonds. The van der Waals surface area contributed by atoms with Crippen LogP contribution < -0.4 is 5.32 Å². The second kappa shape index (κ2) is 7.50. The predicted octanol–water partition coefficient (Wildman–Crippen LogP) is 5.38. The second-order valence-electron chi connectivity index (χ2n) is 9.72. The standard InChI is InChI=1S/C30H27NO2/c32-27-13-9-25(10-14-27)29(17-21-1-2-22(18-29)4-3-21)31-30(26-11-15-28(33)16-12-26)19-23-5-6-24(20-30)8-7-23/h1-16,31-33H,17-20H2. The van der Waals surface area contributed by atoms with Crippen molar-refractivity contribution in [3.05, 3.63) is 130 Å². The van der Waals surface area contributed by atoms with Crippen molar-refractivity contribution < 1.29 is 10.2 Å². The van der Waals surface area contributed by atoms with Crippen LogP contribution in [0.4, 0.5) is 0 Å². The molecule has 0 aromatic heterocycles. The lowest BCUT2D eigenvalue weighted by atomic mass is 9.74. The van der Waals surface area contributed by atoms with Gasteiger partial charge in [-0.3, -0.25) is 5.32 Å². The third-order valence-corrected chi connectivity index (χ3v) is 7.39. The summed E-state index contributed by atoms with van der Waals surface area (Å²) in [5, 5.41) is 24.2. The van der Waals surface area contributed by atoms with E-state index in [0.717, 1.165) is 25.7 Å². The number of benzene rings is 4. The van der Waals surface area contributed by atoms with Crippen molar-refractivity contribution >= 4 is 0 Å². The van der Waals surface area contributed by atoms with E-state index in [4.69, 9.17) is 0 Å². The number of phenolic OH excluding ortho intramolecular Hbond substituents is 2. The van der Waals surface area contributed by atoms with E-state index >= 15 is 0 Å². The molecule has 3 heteroatoms. The van der Waals surface area contributed by atoms with E-state index in [1.54, 1.807) is 24.3 Å². The van der Waals surface area contributed by atoms with Gasteiger partial charge in [-0.05, 0) is 83.3 Å². The first-order chi connectivity index (χ1) is 16.0. The third-order valence-electron chi connectivity index (χ3n) is 7.39. The summed E-state index contributed by atoms with van der Waals surface area (Å²) in [5.41, 5.74) is 6.86. The van der Waals surface area contributed by atoms with Crippen LogP contribution >= 0.6 is 0 Å². The van der Waals surface area contributed by atoms with Crippen molar-refractivity contribution in [1.29, 1.82) is 0 Å². The number of fused-ring (bicyclic) bond motifs is 8. The highest BCUT2D eigenvalue weighted by Gasteiger charge is 2.44. The molecule has 4 aromatic rings. The van der Waals surface area contributed by atoms with Gasteiger partial charge in [0, 0.05) is 0 Å². The molecule has 3 nitrogen and oxygen atoms in total. The summed E-state index contributed by atoms with van der Waals surface area (Å²) in [5.74, 6) is 0.560. The molecule has 164 valence electrons. The van der Waals surface area contributed by atoms with Gasteiger partial charge in [-0.25, -0.2) is 0 Å². The molecule has 0 unspecified atom stereocenters. The minimum atomic E-state index is -0.339. The average molecular weight is 434 g/mol. The van der Waals surface area contributed by atoms with E-state index in [1.807, 2.05) is 0 Å². The molecule has 4 aliphatic rings. The quantitative estimate of drug-likeness (QED) is 0.405. The first-order valence-electron chi connectivity index (χ1n) is 11.6. The molecule has 0 aliphatic heterocycles. The maximum atomic E-state index is 10.00. The van der Waals surface area contributed by atoms with Gasteiger partial charge in [0.15, 0.2) is 0 Å². The Hall–Kier alpha value is -3.56. The van der Waals surface area contributed by atoms with Gasteiger partial charge in [-0.1, -0.05) is 72.8 Å². The second-order valence-corrected chi connectivity index (χ2v) is 9.72. The van der Waals surface area contributed by atoms with Crippen LogP contribution in [0.15, 0.2) is 97.1 Å². The van der Waals surface area contributed by atoms with Gasteiger partial charge in [0.25, 0.3) is 0 Å². The smallest absolute Gasteiger partial charge is 0.115 e. The minimum absolute atomic E-state index is 0.280. The molecular weight excluding hydrogens is 406 g/mol. The minimum Gasteiger partial charge on any atom is -0.508 e. The molecule has 0 heterocycles. The molecule has 4 bridgehead atoms. The van der Waals surface area contributed by atoms with Crippen LogP contribution in [0.3, 0.4) is 0 Å². The lowest BCUT2D eigenvalue weighted by Gasteiger charge is -2.46. The highest BCUT2D eigenvalue weighted by atomic mass is 16.3. The molecule has 4 aromatic carbocycles. The molecule has 0 fully saturated rings. The van der Waals surface area contributed by atoms with E-state index in [-0.39, 0.29) is 22.6 Å². The molecule has 33 heavy (non-hydrogen) atoms. The Kier molecular flexibility index (Phi) is 4.56. The summed E-state index contributed by atoms with van der Waals surface area (Å²) in [7, 11) is 0. The Labute approximate surface area is 194 Å². The molecule has 0 atom stereocenters. The Bertz CT molecular complexity index is 1120. The summed E-state index contributed by atoms with van der Waals surface area (Å²) in [6, 6.07) is 33.2. The number of hydrogen-bond acceptors (Lipinski definition) is 3. The molecule has 0 radical (unpaired) electrons. The summed E-state index contributed by atoms with van der Waals surface area (Å²) in [4.78, 5) is 0. The highest BCUT2D eigenvalue weighted by molar-refractivity contribution is 5.43. The van der Waals surface area contributed by atoms with E-state index < -0.39 is 0 Å². The van der Waals surface area contributed by atoms with Crippen molar-refractivity contribution in [2.45, 2.75) is 36.8 Å². The number of nitrogens with one attached hydrogen (secondary N) is 1. The van der Waals surface area contributed by atoms with E-state index in [9.17, 15) is 10.2 Å². The fraction of sp³-hybridized carbons (Fsp3) is 0.200. The Morgan fingerprint density at radius 3 is 0.970 bits per heavy atom. The van der Waals surface area contributed by atoms with Gasteiger partial charge in [-0.15, -0.1) is 0 Å². The van der Waals surface area contributed by atoms with Crippen LogP contribution in [-0.2, 0) is 36.8 Å². The van der Waals surface area contributed by atoms with Crippen molar-refractivity contribution in [2.24, 2.45) is 0 Å². The third kappa shape index (κ3) is 3.59. The molecular formula is C30H27NO2. The van der Waals surface area contributed by atoms with Crippen LogP contribution in [-0.4, -0.2) is 10.2 Å². The van der Waals surface area contributed by atoms with Crippen LogP contribution in [0.2, 0.25) is 0 Å².